The average Bonchev–Trinajstić information content (AvgIpc) is 2.76. The molecular weight excluding hydrogens is 230 g/mol. The number of aromatic nitrogens is 2. The van der Waals surface area contributed by atoms with Crippen molar-refractivity contribution in [3.63, 3.8) is 0 Å². The third-order valence-electron chi connectivity index (χ3n) is 2.48. The highest BCUT2D eigenvalue weighted by atomic mass is 16.2. The Hall–Kier alpha value is -2.43. The molecule has 0 fully saturated rings. The fourth-order valence-corrected chi connectivity index (χ4v) is 1.57. The Morgan fingerprint density at radius 2 is 2.06 bits per heavy atom. The Morgan fingerprint density at radius 3 is 2.67 bits per heavy atom. The number of Topliss-reactive ketones (excluding diaryl/α,β-unsaturated/α-hetero) is 1. The molecule has 0 aliphatic rings. The fourth-order valence-electron chi connectivity index (χ4n) is 1.57. The van der Waals surface area contributed by atoms with E-state index in [4.69, 9.17) is 0 Å². The Morgan fingerprint density at radius 1 is 1.28 bits per heavy atom. The summed E-state index contributed by atoms with van der Waals surface area (Å²) < 4.78 is 1.70. The van der Waals surface area contributed by atoms with Crippen molar-refractivity contribution < 1.29 is 9.59 Å². The average molecular weight is 243 g/mol. The molecule has 92 valence electrons. The van der Waals surface area contributed by atoms with Crippen LogP contribution in [-0.2, 0) is 16.6 Å². The highest BCUT2D eigenvalue weighted by Gasteiger charge is 2.08. The predicted molar refractivity (Wildman–Crippen MR) is 68.0 cm³/mol. The normalized spacial score (nSPS) is 10.1. The van der Waals surface area contributed by atoms with Crippen molar-refractivity contribution in [3.8, 4) is 11.1 Å². The van der Waals surface area contributed by atoms with Gasteiger partial charge in [-0.15, -0.1) is 0 Å². The molecule has 0 atom stereocenters. The molecule has 2 aromatic rings. The zero-order valence-corrected chi connectivity index (χ0v) is 10.2. The maximum absolute atomic E-state index is 11.3. The number of anilines is 1. The summed E-state index contributed by atoms with van der Waals surface area (Å²) in [5.41, 5.74) is 2.48. The zero-order chi connectivity index (χ0) is 13.1. The number of benzene rings is 1. The molecule has 1 aromatic carbocycles. The first-order chi connectivity index (χ1) is 8.56. The van der Waals surface area contributed by atoms with Gasteiger partial charge in [-0.2, -0.15) is 5.10 Å². The van der Waals surface area contributed by atoms with E-state index in [-0.39, 0.29) is 0 Å². The Labute approximate surface area is 104 Å². The van der Waals surface area contributed by atoms with Crippen LogP contribution in [-0.4, -0.2) is 21.5 Å². The summed E-state index contributed by atoms with van der Waals surface area (Å²) in [4.78, 5) is 22.2. The minimum atomic E-state index is -0.613. The van der Waals surface area contributed by atoms with Crippen LogP contribution in [0.25, 0.3) is 11.1 Å². The van der Waals surface area contributed by atoms with Crippen molar-refractivity contribution in [2.75, 3.05) is 5.32 Å². The van der Waals surface area contributed by atoms with Gasteiger partial charge in [-0.1, -0.05) is 12.1 Å². The third kappa shape index (κ3) is 2.63. The van der Waals surface area contributed by atoms with E-state index in [0.717, 1.165) is 11.1 Å². The number of hydrogen-bond acceptors (Lipinski definition) is 3. The number of amides is 1. The minimum Gasteiger partial charge on any atom is -0.319 e. The van der Waals surface area contributed by atoms with Crippen LogP contribution < -0.4 is 5.32 Å². The Balaban J connectivity index is 2.25. The van der Waals surface area contributed by atoms with Crippen LogP contribution in [0, 0.1) is 0 Å². The topological polar surface area (TPSA) is 64.0 Å². The highest BCUT2D eigenvalue weighted by molar-refractivity contribution is 6.39. The summed E-state index contributed by atoms with van der Waals surface area (Å²) >= 11 is 0. The van der Waals surface area contributed by atoms with E-state index < -0.39 is 11.7 Å². The standard InChI is InChI=1S/C13H13N3O2/c1-9(17)13(18)15-12-5-3-4-10(6-12)11-7-14-16(2)8-11/h3-8H,1-2H3,(H,15,18). The maximum atomic E-state index is 11.3. The lowest BCUT2D eigenvalue weighted by atomic mass is 10.1. The van der Waals surface area contributed by atoms with Gasteiger partial charge in [0.25, 0.3) is 5.91 Å². The Kier molecular flexibility index (Phi) is 3.23. The first-order valence-corrected chi connectivity index (χ1v) is 5.47. The van der Waals surface area contributed by atoms with Gasteiger partial charge in [0.05, 0.1) is 6.20 Å². The monoisotopic (exact) mass is 243 g/mol. The largest absolute Gasteiger partial charge is 0.319 e. The molecule has 1 amide bonds. The summed E-state index contributed by atoms with van der Waals surface area (Å²) in [6.45, 7) is 1.24. The molecular formula is C13H13N3O2. The number of carbonyl (C=O) groups is 2. The van der Waals surface area contributed by atoms with Gasteiger partial charge in [-0.05, 0) is 17.7 Å². The van der Waals surface area contributed by atoms with E-state index in [1.807, 2.05) is 25.4 Å². The first kappa shape index (κ1) is 12.0. The number of carbonyl (C=O) groups excluding carboxylic acids is 2. The van der Waals surface area contributed by atoms with E-state index in [0.29, 0.717) is 5.69 Å². The Bertz CT molecular complexity index is 602. The number of aryl methyl sites for hydroxylation is 1. The van der Waals surface area contributed by atoms with Crippen LogP contribution in [0.5, 0.6) is 0 Å². The van der Waals surface area contributed by atoms with Gasteiger partial charge in [-0.25, -0.2) is 0 Å². The number of rotatable bonds is 3. The summed E-state index contributed by atoms with van der Waals surface area (Å²) in [6.07, 6.45) is 3.62. The van der Waals surface area contributed by atoms with Crippen molar-refractivity contribution in [1.82, 2.24) is 9.78 Å². The van der Waals surface area contributed by atoms with Gasteiger partial charge in [0.1, 0.15) is 0 Å². The van der Waals surface area contributed by atoms with Crippen molar-refractivity contribution in [3.05, 3.63) is 36.7 Å². The maximum Gasteiger partial charge on any atom is 0.291 e. The lowest BCUT2D eigenvalue weighted by Gasteiger charge is -2.04. The van der Waals surface area contributed by atoms with E-state index in [1.165, 1.54) is 6.92 Å². The molecule has 0 unspecified atom stereocenters. The van der Waals surface area contributed by atoms with Crippen molar-refractivity contribution in [2.24, 2.45) is 7.05 Å². The second-order valence-corrected chi connectivity index (χ2v) is 3.99. The van der Waals surface area contributed by atoms with Gasteiger partial charge in [0.15, 0.2) is 0 Å². The quantitative estimate of drug-likeness (QED) is 0.833. The fraction of sp³-hybridized carbons (Fsp3) is 0.154. The summed E-state index contributed by atoms with van der Waals surface area (Å²) in [7, 11) is 1.84. The number of nitrogens with zero attached hydrogens (tertiary/aromatic N) is 2. The number of ketones is 1. The summed E-state index contributed by atoms with van der Waals surface area (Å²) in [5, 5.41) is 6.63. The van der Waals surface area contributed by atoms with Crippen molar-refractivity contribution in [1.29, 1.82) is 0 Å². The van der Waals surface area contributed by atoms with Crippen LogP contribution in [0.1, 0.15) is 6.92 Å². The molecule has 0 spiro atoms. The molecule has 1 N–H and O–H groups in total. The summed E-state index contributed by atoms with van der Waals surface area (Å²) in [5.74, 6) is -1.12. The lowest BCUT2D eigenvalue weighted by molar-refractivity contribution is -0.133. The molecule has 0 aliphatic carbocycles. The molecule has 5 nitrogen and oxygen atoms in total. The molecule has 18 heavy (non-hydrogen) atoms. The number of nitrogens with one attached hydrogen (secondary N) is 1. The van der Waals surface area contributed by atoms with Crippen LogP contribution >= 0.6 is 0 Å². The SMILES string of the molecule is CC(=O)C(=O)Nc1cccc(-c2cnn(C)c2)c1. The molecule has 1 heterocycles. The smallest absolute Gasteiger partial charge is 0.291 e. The van der Waals surface area contributed by atoms with E-state index in [2.05, 4.69) is 10.4 Å². The van der Waals surface area contributed by atoms with Gasteiger partial charge >= 0.3 is 0 Å². The molecule has 0 bridgehead atoms. The van der Waals surface area contributed by atoms with Crippen LogP contribution in [0.3, 0.4) is 0 Å². The molecule has 2 rings (SSSR count). The first-order valence-electron chi connectivity index (χ1n) is 5.47. The van der Waals surface area contributed by atoms with Crippen molar-refractivity contribution >= 4 is 17.4 Å². The van der Waals surface area contributed by atoms with E-state index >= 15 is 0 Å². The lowest BCUT2D eigenvalue weighted by Crippen LogP contribution is -2.19. The van der Waals surface area contributed by atoms with Gasteiger partial charge in [0.2, 0.25) is 5.78 Å². The molecule has 0 saturated heterocycles. The van der Waals surface area contributed by atoms with Gasteiger partial charge in [-0.3, -0.25) is 14.3 Å². The van der Waals surface area contributed by atoms with Crippen LogP contribution in [0.4, 0.5) is 5.69 Å². The molecule has 5 heteroatoms. The van der Waals surface area contributed by atoms with Gasteiger partial charge < -0.3 is 5.32 Å². The molecule has 0 aliphatic heterocycles. The molecule has 0 radical (unpaired) electrons. The highest BCUT2D eigenvalue weighted by Crippen LogP contribution is 2.21. The van der Waals surface area contributed by atoms with Crippen molar-refractivity contribution in [2.45, 2.75) is 6.92 Å². The molecule has 1 aromatic heterocycles. The molecule has 0 saturated carbocycles. The second kappa shape index (κ2) is 4.83. The minimum absolute atomic E-state index is 0.512. The van der Waals surface area contributed by atoms with E-state index in [1.54, 1.807) is 23.0 Å². The van der Waals surface area contributed by atoms with E-state index in [9.17, 15) is 9.59 Å². The van der Waals surface area contributed by atoms with Gasteiger partial charge in [0, 0.05) is 31.4 Å². The zero-order valence-electron chi connectivity index (χ0n) is 10.2. The third-order valence-corrected chi connectivity index (χ3v) is 2.48. The number of hydrogen-bond donors (Lipinski definition) is 1. The van der Waals surface area contributed by atoms with Crippen LogP contribution in [0.2, 0.25) is 0 Å². The second-order valence-electron chi connectivity index (χ2n) is 3.99. The van der Waals surface area contributed by atoms with Crippen LogP contribution in [0.15, 0.2) is 36.7 Å². The predicted octanol–water partition coefficient (Wildman–Crippen LogP) is 1.61. The summed E-state index contributed by atoms with van der Waals surface area (Å²) in [6, 6.07) is 7.27.